The minimum Gasteiger partial charge on any atom is -0.480 e. The first-order valence-electron chi connectivity index (χ1n) is 17.7. The lowest BCUT2D eigenvalue weighted by molar-refractivity contribution is -0.161. The molecular formula is C36H62NO10P. The van der Waals surface area contributed by atoms with E-state index >= 15 is 0 Å². The maximum absolute atomic E-state index is 12.5. The van der Waals surface area contributed by atoms with Crippen molar-refractivity contribution in [2.75, 3.05) is 19.8 Å². The molecule has 0 spiro atoms. The molecule has 0 rings (SSSR count). The lowest BCUT2D eigenvalue weighted by Gasteiger charge is -2.20. The topological polar surface area (TPSA) is 172 Å². The van der Waals surface area contributed by atoms with Gasteiger partial charge >= 0.3 is 25.7 Å². The summed E-state index contributed by atoms with van der Waals surface area (Å²) < 4.78 is 32.4. The number of unbranched alkanes of at least 4 members (excludes halogenated alkanes) is 10. The number of hydrogen-bond donors (Lipinski definition) is 3. The number of hydrogen-bond acceptors (Lipinski definition) is 9. The van der Waals surface area contributed by atoms with Gasteiger partial charge in [-0.15, -0.1) is 0 Å². The summed E-state index contributed by atoms with van der Waals surface area (Å²) in [6.45, 7) is 2.58. The molecule has 0 aromatic heterocycles. The average molecular weight is 700 g/mol. The third-order valence-electron chi connectivity index (χ3n) is 7.09. The molecule has 0 amide bonds. The largest absolute Gasteiger partial charge is 0.480 e. The maximum Gasteiger partial charge on any atom is 0.472 e. The fraction of sp³-hybridized carbons (Fsp3) is 0.694. The Morgan fingerprint density at radius 3 is 1.75 bits per heavy atom. The molecule has 11 nitrogen and oxygen atoms in total. The molecule has 0 aliphatic heterocycles. The van der Waals surface area contributed by atoms with E-state index in [0.29, 0.717) is 12.8 Å². The zero-order valence-electron chi connectivity index (χ0n) is 29.3. The Kier molecular flexibility index (Phi) is 30.0. The predicted molar refractivity (Wildman–Crippen MR) is 189 cm³/mol. The molecule has 1 unspecified atom stereocenters. The Morgan fingerprint density at radius 2 is 1.17 bits per heavy atom. The molecule has 0 aromatic carbocycles. The van der Waals surface area contributed by atoms with E-state index in [1.165, 1.54) is 32.1 Å². The van der Waals surface area contributed by atoms with E-state index < -0.39 is 51.1 Å². The van der Waals surface area contributed by atoms with Crippen LogP contribution in [0.4, 0.5) is 0 Å². The van der Waals surface area contributed by atoms with Crippen LogP contribution in [0.15, 0.2) is 48.6 Å². The lowest BCUT2D eigenvalue weighted by atomic mass is 10.1. The second-order valence-corrected chi connectivity index (χ2v) is 13.1. The van der Waals surface area contributed by atoms with Gasteiger partial charge in [-0.1, -0.05) is 114 Å². The first-order valence-corrected chi connectivity index (χ1v) is 19.2. The van der Waals surface area contributed by atoms with Gasteiger partial charge in [-0.3, -0.25) is 23.4 Å². The van der Waals surface area contributed by atoms with Crippen molar-refractivity contribution < 1.29 is 47.5 Å². The summed E-state index contributed by atoms with van der Waals surface area (Å²) in [7, 11) is -4.72. The Hall–Kier alpha value is -2.56. The van der Waals surface area contributed by atoms with Gasteiger partial charge in [-0.25, -0.2) is 4.57 Å². The molecular weight excluding hydrogens is 637 g/mol. The first-order chi connectivity index (χ1) is 23.1. The summed E-state index contributed by atoms with van der Waals surface area (Å²) in [5, 5.41) is 8.83. The molecule has 276 valence electrons. The summed E-state index contributed by atoms with van der Waals surface area (Å²) >= 11 is 0. The van der Waals surface area contributed by atoms with E-state index in [1.807, 2.05) is 0 Å². The second-order valence-electron chi connectivity index (χ2n) is 11.6. The highest BCUT2D eigenvalue weighted by molar-refractivity contribution is 7.47. The zero-order chi connectivity index (χ0) is 35.7. The minimum atomic E-state index is -4.72. The van der Waals surface area contributed by atoms with Gasteiger partial charge in [0, 0.05) is 12.8 Å². The minimum absolute atomic E-state index is 0.108. The van der Waals surface area contributed by atoms with Gasteiger partial charge in [0.05, 0.1) is 13.2 Å². The molecule has 0 aliphatic rings. The van der Waals surface area contributed by atoms with Crippen molar-refractivity contribution in [3.63, 3.8) is 0 Å². The molecule has 3 atom stereocenters. The van der Waals surface area contributed by atoms with Crippen molar-refractivity contribution in [1.82, 2.24) is 0 Å². The monoisotopic (exact) mass is 699 g/mol. The van der Waals surface area contributed by atoms with E-state index in [4.69, 9.17) is 24.8 Å². The van der Waals surface area contributed by atoms with E-state index in [1.54, 1.807) is 0 Å². The lowest BCUT2D eigenvalue weighted by Crippen LogP contribution is -2.34. The van der Waals surface area contributed by atoms with Crippen LogP contribution in [0.1, 0.15) is 129 Å². The van der Waals surface area contributed by atoms with Crippen LogP contribution in [0, 0.1) is 0 Å². The van der Waals surface area contributed by atoms with Gasteiger partial charge in [0.15, 0.2) is 6.10 Å². The van der Waals surface area contributed by atoms with Crippen LogP contribution < -0.4 is 5.73 Å². The van der Waals surface area contributed by atoms with Gasteiger partial charge < -0.3 is 25.2 Å². The number of carbonyl (C=O) groups excluding carboxylic acids is 2. The van der Waals surface area contributed by atoms with Crippen LogP contribution in [-0.2, 0) is 37.5 Å². The van der Waals surface area contributed by atoms with Crippen molar-refractivity contribution in [2.45, 2.75) is 142 Å². The molecule has 0 bridgehead atoms. The van der Waals surface area contributed by atoms with Crippen molar-refractivity contribution >= 4 is 25.7 Å². The average Bonchev–Trinajstić information content (AvgIpc) is 3.05. The zero-order valence-corrected chi connectivity index (χ0v) is 30.2. The number of phosphoric ester groups is 1. The molecule has 0 saturated heterocycles. The van der Waals surface area contributed by atoms with Crippen LogP contribution in [-0.4, -0.2) is 59.9 Å². The van der Waals surface area contributed by atoms with Crippen LogP contribution in [0.3, 0.4) is 0 Å². The Morgan fingerprint density at radius 1 is 0.667 bits per heavy atom. The molecule has 4 N–H and O–H groups in total. The fourth-order valence-corrected chi connectivity index (χ4v) is 5.07. The third-order valence-corrected chi connectivity index (χ3v) is 8.04. The van der Waals surface area contributed by atoms with Crippen molar-refractivity contribution in [3.8, 4) is 0 Å². The number of phosphoric acid groups is 1. The molecule has 0 aliphatic carbocycles. The SMILES string of the molecule is CC/C=C/C/C=C/C/C=C/C/C=C/CCCCC(=O)O[C@@H](COC(=O)CCCCCCCCCCC)COP(=O)(O)OC[C@H](N)C(=O)O. The van der Waals surface area contributed by atoms with Gasteiger partial charge in [0.2, 0.25) is 0 Å². The normalized spacial score (nSPS) is 14.6. The number of allylic oxidation sites excluding steroid dienone is 8. The number of ether oxygens (including phenoxy) is 2. The van der Waals surface area contributed by atoms with Gasteiger partial charge in [0.1, 0.15) is 12.6 Å². The quantitative estimate of drug-likeness (QED) is 0.0267. The molecule has 0 saturated carbocycles. The predicted octanol–water partition coefficient (Wildman–Crippen LogP) is 8.27. The van der Waals surface area contributed by atoms with Crippen LogP contribution in [0.5, 0.6) is 0 Å². The van der Waals surface area contributed by atoms with Gasteiger partial charge in [-0.05, 0) is 51.4 Å². The highest BCUT2D eigenvalue weighted by atomic mass is 31.2. The number of carboxylic acid groups (broad SMARTS) is 1. The summed E-state index contributed by atoms with van der Waals surface area (Å²) in [5.74, 6) is -2.44. The standard InChI is InChI=1S/C36H62NO10P/c1-3-5-7-9-11-13-14-15-16-17-18-20-22-24-26-28-35(39)47-32(30-45-48(42,43)46-31-33(37)36(40)41)29-44-34(38)27-25-23-21-19-12-10-8-6-4-2/h5,7,11,13,15-16,18,20,32-33H,3-4,6,8-10,12,14,17,19,21-31,37H2,1-2H3,(H,40,41)(H,42,43)/b7-5+,13-11+,16-15+,20-18+/t32-,33-/m0/s1. The second kappa shape index (κ2) is 31.7. The molecule has 0 radical (unpaired) electrons. The Balaban J connectivity index is 4.57. The number of aliphatic carboxylic acids is 1. The summed E-state index contributed by atoms with van der Waals surface area (Å²) in [6, 6.07) is -1.53. The molecule has 48 heavy (non-hydrogen) atoms. The smallest absolute Gasteiger partial charge is 0.472 e. The number of carbonyl (C=O) groups is 3. The van der Waals surface area contributed by atoms with Crippen molar-refractivity contribution in [3.05, 3.63) is 48.6 Å². The molecule has 0 aromatic rings. The van der Waals surface area contributed by atoms with E-state index in [2.05, 4.69) is 67.0 Å². The molecule has 0 heterocycles. The van der Waals surface area contributed by atoms with Gasteiger partial charge in [-0.2, -0.15) is 0 Å². The van der Waals surface area contributed by atoms with E-state index in [0.717, 1.165) is 57.8 Å². The van der Waals surface area contributed by atoms with Crippen LogP contribution in [0.2, 0.25) is 0 Å². The van der Waals surface area contributed by atoms with E-state index in [9.17, 15) is 23.8 Å². The van der Waals surface area contributed by atoms with E-state index in [-0.39, 0.29) is 19.4 Å². The first kappa shape index (κ1) is 45.4. The van der Waals surface area contributed by atoms with Gasteiger partial charge in [0.25, 0.3) is 0 Å². The fourth-order valence-electron chi connectivity index (χ4n) is 4.29. The number of esters is 2. The van der Waals surface area contributed by atoms with Crippen molar-refractivity contribution in [1.29, 1.82) is 0 Å². The van der Waals surface area contributed by atoms with Crippen LogP contribution >= 0.6 is 7.82 Å². The summed E-state index contributed by atoms with van der Waals surface area (Å²) in [4.78, 5) is 45.5. The number of carboxylic acids is 1. The van der Waals surface area contributed by atoms with Crippen LogP contribution in [0.25, 0.3) is 0 Å². The summed E-state index contributed by atoms with van der Waals surface area (Å²) in [5.41, 5.74) is 5.30. The third kappa shape index (κ3) is 30.8. The Bertz CT molecular complexity index is 1010. The summed E-state index contributed by atoms with van der Waals surface area (Å²) in [6.07, 6.45) is 32.0. The highest BCUT2D eigenvalue weighted by Gasteiger charge is 2.28. The highest BCUT2D eigenvalue weighted by Crippen LogP contribution is 2.43. The number of nitrogens with two attached hydrogens (primary N) is 1. The maximum atomic E-state index is 12.5. The number of rotatable bonds is 32. The Labute approximate surface area is 288 Å². The molecule has 12 heteroatoms. The molecule has 0 fully saturated rings. The van der Waals surface area contributed by atoms with Crippen molar-refractivity contribution in [2.24, 2.45) is 5.73 Å².